The number of rotatable bonds is 4. The van der Waals surface area contributed by atoms with Crippen molar-refractivity contribution in [2.75, 3.05) is 51.0 Å². The van der Waals surface area contributed by atoms with Gasteiger partial charge >= 0.3 is 0 Å². The lowest BCUT2D eigenvalue weighted by Gasteiger charge is -2.35. The molecule has 1 aliphatic heterocycles. The van der Waals surface area contributed by atoms with Gasteiger partial charge in [0.25, 0.3) is 0 Å². The Hall–Kier alpha value is -3.46. The molecule has 3 heterocycles. The predicted molar refractivity (Wildman–Crippen MR) is 130 cm³/mol. The molecule has 0 spiro atoms. The van der Waals surface area contributed by atoms with Crippen molar-refractivity contribution in [3.05, 3.63) is 47.6 Å². The molecule has 2 aromatic heterocycles. The Morgan fingerprint density at radius 1 is 1.18 bits per heavy atom. The molecule has 33 heavy (non-hydrogen) atoms. The van der Waals surface area contributed by atoms with Crippen molar-refractivity contribution in [3.63, 3.8) is 0 Å². The third kappa shape index (κ3) is 4.28. The number of ether oxygens (including phenoxy) is 1. The highest BCUT2D eigenvalue weighted by Crippen LogP contribution is 2.42. The van der Waals surface area contributed by atoms with Crippen molar-refractivity contribution in [2.24, 2.45) is 10.9 Å². The first-order valence-electron chi connectivity index (χ1n) is 11.4. The Morgan fingerprint density at radius 2 is 1.97 bits per heavy atom. The zero-order valence-corrected chi connectivity index (χ0v) is 19.1. The minimum atomic E-state index is 0.121. The van der Waals surface area contributed by atoms with E-state index >= 15 is 0 Å². The van der Waals surface area contributed by atoms with Crippen LogP contribution in [0.2, 0.25) is 0 Å². The van der Waals surface area contributed by atoms with Crippen LogP contribution in [0, 0.1) is 11.3 Å². The van der Waals surface area contributed by atoms with E-state index in [0.717, 1.165) is 50.2 Å². The highest BCUT2D eigenvalue weighted by Gasteiger charge is 2.33. The topological polar surface area (TPSA) is 120 Å². The fourth-order valence-electron chi connectivity index (χ4n) is 4.61. The number of nitrogens with two attached hydrogens (primary N) is 1. The number of H-pyrrole nitrogens is 1. The van der Waals surface area contributed by atoms with Gasteiger partial charge in [0.2, 0.25) is 0 Å². The second kappa shape index (κ2) is 8.82. The van der Waals surface area contributed by atoms with Crippen LogP contribution in [0.5, 0.6) is 5.75 Å². The number of anilines is 2. The zero-order chi connectivity index (χ0) is 22.9. The second-order valence-electron chi connectivity index (χ2n) is 8.93. The summed E-state index contributed by atoms with van der Waals surface area (Å²) in [4.78, 5) is 21.3. The van der Waals surface area contributed by atoms with Crippen molar-refractivity contribution in [1.29, 1.82) is 5.41 Å². The maximum Gasteiger partial charge on any atom is 0.199 e. The molecule has 0 amide bonds. The molecular weight excluding hydrogens is 416 g/mol. The lowest BCUT2D eigenvalue weighted by atomic mass is 9.71. The second-order valence-corrected chi connectivity index (χ2v) is 8.93. The van der Waals surface area contributed by atoms with E-state index in [1.165, 1.54) is 5.56 Å². The van der Waals surface area contributed by atoms with E-state index in [1.54, 1.807) is 7.11 Å². The molecular formula is C24H30N8O. The van der Waals surface area contributed by atoms with Crippen LogP contribution in [0.1, 0.15) is 24.3 Å². The van der Waals surface area contributed by atoms with Crippen molar-refractivity contribution in [1.82, 2.24) is 19.9 Å². The standard InChI is InChI=1S/C24H30N8O/c1-31-8-10-32(11-9-31)20-7-6-15(14-27-20)16-12-17(13-16)22(25)29-23-18-4-3-5-19(33-2)21(18)28-24(26)30-23/h3-7,14,16-17H,8-13H2,1-2H3,(H4,25,26,28,29,30)/t16-,17-. The number of para-hydroxylation sites is 1. The van der Waals surface area contributed by atoms with Gasteiger partial charge in [-0.25, -0.2) is 15.0 Å². The largest absolute Gasteiger partial charge is 0.494 e. The quantitative estimate of drug-likeness (QED) is 0.418. The minimum Gasteiger partial charge on any atom is -0.494 e. The van der Waals surface area contributed by atoms with Crippen molar-refractivity contribution >= 4 is 28.5 Å². The van der Waals surface area contributed by atoms with Crippen LogP contribution < -0.4 is 20.9 Å². The average Bonchev–Trinajstić information content (AvgIpc) is 2.79. The molecule has 0 bridgehead atoms. The van der Waals surface area contributed by atoms with Gasteiger partial charge in [0.05, 0.1) is 7.11 Å². The number of nitrogens with one attached hydrogen (secondary N) is 2. The lowest BCUT2D eigenvalue weighted by molar-refractivity contribution is 0.312. The molecule has 3 aromatic rings. The smallest absolute Gasteiger partial charge is 0.199 e. The summed E-state index contributed by atoms with van der Waals surface area (Å²) in [6.07, 6.45) is 3.81. The molecule has 1 aromatic carbocycles. The number of aromatic amines is 1. The van der Waals surface area contributed by atoms with Gasteiger partial charge < -0.3 is 25.3 Å². The first-order chi connectivity index (χ1) is 16.0. The number of fused-ring (bicyclic) bond motifs is 1. The van der Waals surface area contributed by atoms with Gasteiger partial charge in [0.1, 0.15) is 28.4 Å². The Morgan fingerprint density at radius 3 is 2.67 bits per heavy atom. The molecule has 9 nitrogen and oxygen atoms in total. The van der Waals surface area contributed by atoms with Crippen LogP contribution in [-0.2, 0) is 0 Å². The van der Waals surface area contributed by atoms with Crippen molar-refractivity contribution in [3.8, 4) is 5.75 Å². The normalized spacial score (nSPS) is 21.8. The van der Waals surface area contributed by atoms with Gasteiger partial charge in [-0.05, 0) is 49.6 Å². The highest BCUT2D eigenvalue weighted by molar-refractivity contribution is 5.87. The molecule has 1 saturated carbocycles. The molecule has 1 saturated heterocycles. The van der Waals surface area contributed by atoms with Crippen LogP contribution >= 0.6 is 0 Å². The first kappa shape index (κ1) is 21.4. The molecule has 172 valence electrons. The van der Waals surface area contributed by atoms with E-state index < -0.39 is 0 Å². The summed E-state index contributed by atoms with van der Waals surface area (Å²) in [5.74, 6) is 2.83. The monoisotopic (exact) mass is 446 g/mol. The van der Waals surface area contributed by atoms with Crippen LogP contribution in [0.25, 0.3) is 10.9 Å². The third-order valence-corrected chi connectivity index (χ3v) is 6.78. The Kier molecular flexibility index (Phi) is 5.72. The molecule has 1 aliphatic carbocycles. The van der Waals surface area contributed by atoms with Crippen LogP contribution in [-0.4, -0.2) is 66.0 Å². The fourth-order valence-corrected chi connectivity index (χ4v) is 4.61. The van der Waals surface area contributed by atoms with Gasteiger partial charge in [0.15, 0.2) is 5.95 Å². The third-order valence-electron chi connectivity index (χ3n) is 6.78. The number of methoxy groups -OCH3 is 1. The number of pyridine rings is 1. The average molecular weight is 447 g/mol. The molecule has 4 N–H and O–H groups in total. The Labute approximate surface area is 192 Å². The number of piperazine rings is 1. The Bertz CT molecular complexity index is 1220. The van der Waals surface area contributed by atoms with Gasteiger partial charge in [-0.1, -0.05) is 12.1 Å². The minimum absolute atomic E-state index is 0.121. The fraction of sp³-hybridized carbons (Fsp3) is 0.417. The lowest BCUT2D eigenvalue weighted by Crippen LogP contribution is -2.44. The number of likely N-dealkylation sites (N-methyl/N-ethyl adjacent to an activating group) is 1. The summed E-state index contributed by atoms with van der Waals surface area (Å²) in [5.41, 5.74) is 8.38. The molecule has 0 radical (unpaired) electrons. The van der Waals surface area contributed by atoms with Gasteiger partial charge in [-0.3, -0.25) is 5.41 Å². The number of nitrogens with zero attached hydrogens (tertiary/aromatic N) is 5. The molecule has 0 atom stereocenters. The summed E-state index contributed by atoms with van der Waals surface area (Å²) in [6, 6.07) is 9.96. The number of nitrogen functional groups attached to an aromatic ring is 1. The van der Waals surface area contributed by atoms with Gasteiger partial charge in [-0.15, -0.1) is 0 Å². The first-order valence-corrected chi connectivity index (χ1v) is 11.4. The van der Waals surface area contributed by atoms with E-state index in [9.17, 15) is 0 Å². The van der Waals surface area contributed by atoms with Gasteiger partial charge in [0, 0.05) is 43.7 Å². The number of hydrogen-bond acceptors (Lipinski definition) is 7. The maximum absolute atomic E-state index is 8.56. The van der Waals surface area contributed by atoms with Crippen LogP contribution in [0.15, 0.2) is 41.5 Å². The zero-order valence-electron chi connectivity index (χ0n) is 19.1. The molecule has 9 heteroatoms. The molecule has 0 unspecified atom stereocenters. The number of benzene rings is 1. The van der Waals surface area contributed by atoms with E-state index in [2.05, 4.69) is 43.9 Å². The van der Waals surface area contributed by atoms with E-state index in [0.29, 0.717) is 28.5 Å². The summed E-state index contributed by atoms with van der Waals surface area (Å²) in [7, 11) is 3.76. The summed E-state index contributed by atoms with van der Waals surface area (Å²) in [5, 5.41) is 9.34. The van der Waals surface area contributed by atoms with E-state index in [4.69, 9.17) is 20.9 Å². The van der Waals surface area contributed by atoms with E-state index in [-0.39, 0.29) is 11.9 Å². The van der Waals surface area contributed by atoms with Crippen LogP contribution in [0.3, 0.4) is 0 Å². The maximum atomic E-state index is 8.56. The molecule has 2 fully saturated rings. The summed E-state index contributed by atoms with van der Waals surface area (Å²) >= 11 is 0. The van der Waals surface area contributed by atoms with Gasteiger partial charge in [-0.2, -0.15) is 0 Å². The number of aromatic nitrogens is 3. The molecule has 5 rings (SSSR count). The Balaban J connectivity index is 1.27. The van der Waals surface area contributed by atoms with Crippen LogP contribution in [0.4, 0.5) is 11.8 Å². The summed E-state index contributed by atoms with van der Waals surface area (Å²) < 4.78 is 5.40. The summed E-state index contributed by atoms with van der Waals surface area (Å²) in [6.45, 7) is 4.18. The SMILES string of the molecule is COc1cccc2/c(=N/C(=N)[C@H]3C[C@H](c4ccc(N5CCN(C)CC5)nc4)C3)[nH]c(N)nc12. The van der Waals surface area contributed by atoms with Crippen molar-refractivity contribution < 1.29 is 4.74 Å². The number of amidine groups is 1. The highest BCUT2D eigenvalue weighted by atomic mass is 16.5. The number of hydrogen-bond donors (Lipinski definition) is 3. The van der Waals surface area contributed by atoms with E-state index in [1.807, 2.05) is 24.4 Å². The molecule has 2 aliphatic rings. The van der Waals surface area contributed by atoms with Crippen molar-refractivity contribution in [2.45, 2.75) is 18.8 Å². The predicted octanol–water partition coefficient (Wildman–Crippen LogP) is 2.37.